The van der Waals surface area contributed by atoms with Crippen molar-refractivity contribution in [3.05, 3.63) is 29.8 Å². The van der Waals surface area contributed by atoms with E-state index in [0.717, 1.165) is 19.3 Å². The van der Waals surface area contributed by atoms with E-state index in [2.05, 4.69) is 43.0 Å². The van der Waals surface area contributed by atoms with Crippen LogP contribution in [-0.4, -0.2) is 55.6 Å². The van der Waals surface area contributed by atoms with Gasteiger partial charge in [-0.3, -0.25) is 0 Å². The third-order valence-corrected chi connectivity index (χ3v) is 9.81. The molecule has 2 saturated carbocycles. The minimum atomic E-state index is -3.43. The van der Waals surface area contributed by atoms with Gasteiger partial charge in [-0.1, -0.05) is 37.2 Å². The molecule has 2 atom stereocenters. The van der Waals surface area contributed by atoms with Crippen LogP contribution in [0.1, 0.15) is 38.7 Å². The van der Waals surface area contributed by atoms with Gasteiger partial charge in [0.05, 0.1) is 11.5 Å². The molecule has 0 amide bonds. The first-order valence-electron chi connectivity index (χ1n) is 10.2. The number of benzene rings is 1. The summed E-state index contributed by atoms with van der Waals surface area (Å²) < 4.78 is 28.4. The zero-order chi connectivity index (χ0) is 20.2. The fourth-order valence-corrected chi connectivity index (χ4v) is 8.01. The van der Waals surface area contributed by atoms with Gasteiger partial charge in [-0.2, -0.15) is 4.31 Å². The quantitative estimate of drug-likeness (QED) is 0.617. The van der Waals surface area contributed by atoms with E-state index in [1.165, 1.54) is 11.3 Å². The highest BCUT2D eigenvalue weighted by Crippen LogP contribution is 2.64. The second kappa shape index (κ2) is 6.73. The Hall–Kier alpha value is -1.60. The normalized spacial score (nSPS) is 31.6. The Morgan fingerprint density at radius 3 is 2.46 bits per heavy atom. The highest BCUT2D eigenvalue weighted by atomic mass is 32.2. The van der Waals surface area contributed by atoms with Crippen molar-refractivity contribution in [3.63, 3.8) is 0 Å². The van der Waals surface area contributed by atoms with Crippen molar-refractivity contribution in [2.75, 3.05) is 36.8 Å². The van der Waals surface area contributed by atoms with E-state index in [4.69, 9.17) is 0 Å². The van der Waals surface area contributed by atoms with Gasteiger partial charge >= 0.3 is 0 Å². The summed E-state index contributed by atoms with van der Waals surface area (Å²) >= 11 is 0. The summed E-state index contributed by atoms with van der Waals surface area (Å²) in [6.07, 6.45) is 2.54. The Morgan fingerprint density at radius 2 is 1.86 bits per heavy atom. The summed E-state index contributed by atoms with van der Waals surface area (Å²) in [6, 6.07) is 8.24. The lowest BCUT2D eigenvalue weighted by Crippen LogP contribution is -2.53. The van der Waals surface area contributed by atoms with Gasteiger partial charge in [-0.25, -0.2) is 8.42 Å². The molecule has 3 fully saturated rings. The van der Waals surface area contributed by atoms with E-state index >= 15 is 0 Å². The average molecular weight is 406 g/mol. The highest BCUT2D eigenvalue weighted by molar-refractivity contribution is 7.89. The predicted octanol–water partition coefficient (Wildman–Crippen LogP) is 3.10. The number of fused-ring (bicyclic) bond motifs is 2. The minimum Gasteiger partial charge on any atom is -0.411 e. The lowest BCUT2D eigenvalue weighted by atomic mass is 9.70. The number of hydrogen-bond acceptors (Lipinski definition) is 5. The smallest absolute Gasteiger partial charge is 0.215 e. The molecular formula is C21H31N3O3S. The minimum absolute atomic E-state index is 0.0628. The molecule has 3 aliphatic rings. The molecule has 154 valence electrons. The molecule has 4 rings (SSSR count). The second-order valence-corrected chi connectivity index (χ2v) is 11.2. The van der Waals surface area contributed by atoms with Gasteiger partial charge in [0.15, 0.2) is 0 Å². The summed E-state index contributed by atoms with van der Waals surface area (Å²) in [5.41, 5.74) is 2.41. The lowest BCUT2D eigenvalue weighted by Gasteiger charge is -2.41. The van der Waals surface area contributed by atoms with Crippen LogP contribution in [0.15, 0.2) is 29.4 Å². The number of hydrogen-bond donors (Lipinski definition) is 1. The summed E-state index contributed by atoms with van der Waals surface area (Å²) in [7, 11) is -3.43. The van der Waals surface area contributed by atoms with Crippen LogP contribution in [0.5, 0.6) is 0 Å². The van der Waals surface area contributed by atoms with E-state index in [1.54, 1.807) is 4.31 Å². The van der Waals surface area contributed by atoms with Gasteiger partial charge < -0.3 is 10.1 Å². The number of aryl methyl sites for hydroxylation is 1. The number of para-hydroxylation sites is 1. The van der Waals surface area contributed by atoms with Gasteiger partial charge in [-0.15, -0.1) is 0 Å². The summed E-state index contributed by atoms with van der Waals surface area (Å²) in [5.74, 6) is 0.472. The molecule has 28 heavy (non-hydrogen) atoms. The third kappa shape index (κ3) is 2.86. The monoisotopic (exact) mass is 405 g/mol. The highest BCUT2D eigenvalue weighted by Gasteiger charge is 2.64. The SMILES string of the molecule is Cc1ccccc1N1CCN(S(=O)(=O)C[C@]23CC[C@H](C/C2=N\O)C3(C)C)CC1. The number of anilines is 1. The molecule has 1 aromatic carbocycles. The Morgan fingerprint density at radius 1 is 1.18 bits per heavy atom. The largest absolute Gasteiger partial charge is 0.411 e. The van der Waals surface area contributed by atoms with Crippen molar-refractivity contribution in [1.29, 1.82) is 0 Å². The molecule has 1 heterocycles. The molecule has 0 aromatic heterocycles. The average Bonchev–Trinajstić information content (AvgIpc) is 3.02. The number of oxime groups is 1. The molecule has 0 radical (unpaired) electrons. The predicted molar refractivity (Wildman–Crippen MR) is 112 cm³/mol. The first-order chi connectivity index (χ1) is 13.2. The topological polar surface area (TPSA) is 73.2 Å². The molecule has 1 aromatic rings. The molecular weight excluding hydrogens is 374 g/mol. The van der Waals surface area contributed by atoms with Crippen LogP contribution in [0, 0.1) is 23.7 Å². The number of nitrogens with zero attached hydrogens (tertiary/aromatic N) is 3. The summed E-state index contributed by atoms with van der Waals surface area (Å²) in [4.78, 5) is 2.27. The van der Waals surface area contributed by atoms with E-state index in [1.807, 2.05) is 12.1 Å². The molecule has 0 spiro atoms. The van der Waals surface area contributed by atoms with Crippen LogP contribution in [0.4, 0.5) is 5.69 Å². The molecule has 2 bridgehead atoms. The fourth-order valence-electron chi connectivity index (χ4n) is 5.80. The Balaban J connectivity index is 1.50. The fraction of sp³-hybridized carbons (Fsp3) is 0.667. The first kappa shape index (κ1) is 19.7. The lowest BCUT2D eigenvalue weighted by molar-refractivity contribution is 0.190. The van der Waals surface area contributed by atoms with Crippen molar-refractivity contribution in [1.82, 2.24) is 4.31 Å². The van der Waals surface area contributed by atoms with Crippen LogP contribution < -0.4 is 4.90 Å². The maximum atomic E-state index is 13.4. The molecule has 1 N–H and O–H groups in total. The van der Waals surface area contributed by atoms with Crippen LogP contribution in [0.3, 0.4) is 0 Å². The van der Waals surface area contributed by atoms with Gasteiger partial charge in [0.1, 0.15) is 0 Å². The Bertz CT molecular complexity index is 888. The molecule has 1 saturated heterocycles. The molecule has 1 aliphatic heterocycles. The van der Waals surface area contributed by atoms with E-state index in [-0.39, 0.29) is 11.2 Å². The Labute approximate surface area is 168 Å². The number of sulfonamides is 1. The van der Waals surface area contributed by atoms with Crippen molar-refractivity contribution in [2.24, 2.45) is 21.9 Å². The maximum absolute atomic E-state index is 13.4. The summed E-state index contributed by atoms with van der Waals surface area (Å²) in [6.45, 7) is 8.79. The second-order valence-electron chi connectivity index (χ2n) is 9.22. The van der Waals surface area contributed by atoms with E-state index in [9.17, 15) is 13.6 Å². The van der Waals surface area contributed by atoms with Gasteiger partial charge in [0.25, 0.3) is 0 Å². The van der Waals surface area contributed by atoms with Gasteiger partial charge in [0.2, 0.25) is 10.0 Å². The summed E-state index contributed by atoms with van der Waals surface area (Å²) in [5, 5.41) is 13.1. The van der Waals surface area contributed by atoms with E-state index < -0.39 is 15.4 Å². The molecule has 6 nitrogen and oxygen atoms in total. The van der Waals surface area contributed by atoms with Crippen molar-refractivity contribution >= 4 is 21.4 Å². The van der Waals surface area contributed by atoms with Crippen LogP contribution in [-0.2, 0) is 10.0 Å². The van der Waals surface area contributed by atoms with Gasteiger partial charge in [-0.05, 0) is 49.1 Å². The zero-order valence-corrected chi connectivity index (χ0v) is 17.9. The molecule has 7 heteroatoms. The van der Waals surface area contributed by atoms with Gasteiger partial charge in [0, 0.05) is 37.3 Å². The van der Waals surface area contributed by atoms with Crippen LogP contribution in [0.25, 0.3) is 0 Å². The maximum Gasteiger partial charge on any atom is 0.215 e. The van der Waals surface area contributed by atoms with Crippen LogP contribution in [0.2, 0.25) is 0 Å². The Kier molecular flexibility index (Phi) is 4.74. The van der Waals surface area contributed by atoms with Crippen LogP contribution >= 0.6 is 0 Å². The first-order valence-corrected chi connectivity index (χ1v) is 11.8. The van der Waals surface area contributed by atoms with Crippen molar-refractivity contribution in [3.8, 4) is 0 Å². The van der Waals surface area contributed by atoms with Crippen molar-refractivity contribution < 1.29 is 13.6 Å². The number of piperazine rings is 1. The number of rotatable bonds is 4. The van der Waals surface area contributed by atoms with Crippen molar-refractivity contribution in [2.45, 2.75) is 40.0 Å². The molecule has 0 unspecified atom stereocenters. The molecule has 2 aliphatic carbocycles. The zero-order valence-electron chi connectivity index (χ0n) is 17.1. The standard InChI is InChI=1S/C21H31N3O3S/c1-16-6-4-5-7-18(16)23-10-12-24(13-11-23)28(26,27)15-21-9-8-17(20(21,2)3)14-19(21)22-25/h4-7,17,25H,8-15H2,1-3H3/b22-19+/t17-,21-/m1/s1. The third-order valence-electron chi connectivity index (χ3n) is 7.80. The van der Waals surface area contributed by atoms with E-state index in [0.29, 0.717) is 37.8 Å².